The van der Waals surface area contributed by atoms with Gasteiger partial charge in [0.25, 0.3) is 0 Å². The lowest BCUT2D eigenvalue weighted by Crippen LogP contribution is -2.36. The van der Waals surface area contributed by atoms with Crippen LogP contribution in [0.1, 0.15) is 155 Å². The number of aliphatic hydroxyl groups excluding tert-OH is 3. The second-order valence-electron chi connectivity index (χ2n) is 16.7. The zero-order valence-electron chi connectivity index (χ0n) is 40.5. The highest BCUT2D eigenvalue weighted by atomic mass is 31.3. The summed E-state index contributed by atoms with van der Waals surface area (Å²) in [4.78, 5) is 61.8. The first kappa shape index (κ1) is 61.5. The number of carbonyl (C=O) groups is 2. The number of rotatable bonds is 39. The van der Waals surface area contributed by atoms with Gasteiger partial charge < -0.3 is 45.1 Å². The Morgan fingerprint density at radius 2 is 1.30 bits per heavy atom. The zero-order chi connectivity index (χ0) is 50.8. The third-order valence-electron chi connectivity index (χ3n) is 10.7. The summed E-state index contributed by atoms with van der Waals surface area (Å²) in [6, 6.07) is 1.24. The second kappa shape index (κ2) is 36.4. The Morgan fingerprint density at radius 3 is 1.94 bits per heavy atom. The van der Waals surface area contributed by atoms with Crippen molar-refractivity contribution in [3.8, 4) is 0 Å². The summed E-state index contributed by atoms with van der Waals surface area (Å²) >= 11 is 0. The molecule has 8 atom stereocenters. The van der Waals surface area contributed by atoms with Crippen LogP contribution >= 0.6 is 15.6 Å². The van der Waals surface area contributed by atoms with Gasteiger partial charge >= 0.3 is 33.3 Å². The first-order chi connectivity index (χ1) is 33.1. The van der Waals surface area contributed by atoms with Crippen LogP contribution in [0.2, 0.25) is 0 Å². The van der Waals surface area contributed by atoms with Crippen LogP contribution in [0.3, 0.4) is 0 Å². The molecule has 21 heteroatoms. The van der Waals surface area contributed by atoms with E-state index in [0.717, 1.165) is 81.4 Å². The largest absolute Gasteiger partial charge is 0.481 e. The fourth-order valence-electron chi connectivity index (χ4n) is 6.75. The summed E-state index contributed by atoms with van der Waals surface area (Å²) in [6.45, 7) is 1.78. The molecule has 0 bridgehead atoms. The van der Waals surface area contributed by atoms with Gasteiger partial charge in [0.15, 0.2) is 12.3 Å². The van der Waals surface area contributed by atoms with Crippen molar-refractivity contribution >= 4 is 33.4 Å². The van der Waals surface area contributed by atoms with Gasteiger partial charge in [-0.3, -0.25) is 23.2 Å². The molecule has 0 aromatic carbocycles. The fraction of sp³-hybridized carbons (Fsp3) is 0.667. The molecule has 0 radical (unpaired) electrons. The van der Waals surface area contributed by atoms with E-state index in [1.165, 1.54) is 31.7 Å². The van der Waals surface area contributed by atoms with Crippen LogP contribution in [0.5, 0.6) is 0 Å². The predicted molar refractivity (Wildman–Crippen MR) is 262 cm³/mol. The highest BCUT2D eigenvalue weighted by Gasteiger charge is 2.46. The van der Waals surface area contributed by atoms with Crippen molar-refractivity contribution < 1.29 is 71.4 Å². The van der Waals surface area contributed by atoms with Crippen LogP contribution in [0.25, 0.3) is 0 Å². The van der Waals surface area contributed by atoms with E-state index in [9.17, 15) is 48.6 Å². The Bertz CT molecular complexity index is 1910. The number of anilines is 1. The van der Waals surface area contributed by atoms with Crippen molar-refractivity contribution in [3.05, 3.63) is 83.5 Å². The molecule has 1 saturated heterocycles. The predicted octanol–water partition coefficient (Wildman–Crippen LogP) is 8.52. The highest BCUT2D eigenvalue weighted by Crippen LogP contribution is 2.60. The van der Waals surface area contributed by atoms with E-state index >= 15 is 0 Å². The van der Waals surface area contributed by atoms with Crippen LogP contribution < -0.4 is 11.4 Å². The van der Waals surface area contributed by atoms with Crippen molar-refractivity contribution in [1.82, 2.24) is 9.55 Å². The Hall–Kier alpha value is -3.58. The van der Waals surface area contributed by atoms with Gasteiger partial charge in [-0.15, -0.1) is 0 Å². The van der Waals surface area contributed by atoms with Crippen molar-refractivity contribution in [3.63, 3.8) is 0 Å². The summed E-state index contributed by atoms with van der Waals surface area (Å²) in [6.07, 6.45) is 31.2. The van der Waals surface area contributed by atoms with Crippen molar-refractivity contribution in [2.45, 2.75) is 185 Å². The molecule has 0 amide bonds. The third-order valence-corrected chi connectivity index (χ3v) is 13.3. The molecule has 7 N–H and O–H groups in total. The van der Waals surface area contributed by atoms with Crippen LogP contribution in [0, 0.1) is 0 Å². The number of phosphoric acid groups is 2. The third kappa shape index (κ3) is 29.4. The Kier molecular flexibility index (Phi) is 32.4. The minimum Gasteiger partial charge on any atom is -0.462 e. The minimum absolute atomic E-state index is 0.0428. The van der Waals surface area contributed by atoms with Gasteiger partial charge in [-0.2, -0.15) is 9.29 Å². The molecule has 0 saturated carbocycles. The number of ether oxygens (including phenoxy) is 3. The molecular weight excluding hydrogens is 936 g/mol. The van der Waals surface area contributed by atoms with Crippen LogP contribution in [0.15, 0.2) is 77.8 Å². The summed E-state index contributed by atoms with van der Waals surface area (Å²) < 4.78 is 56.6. The second-order valence-corrected chi connectivity index (χ2v) is 19.8. The van der Waals surface area contributed by atoms with Crippen molar-refractivity contribution in [2.75, 3.05) is 25.6 Å². The lowest BCUT2D eigenvalue weighted by Gasteiger charge is -2.21. The number of nitrogen functional groups attached to an aromatic ring is 1. The lowest BCUT2D eigenvalue weighted by atomic mass is 10.1. The molecular formula is C48H79N3O16P2. The van der Waals surface area contributed by atoms with Gasteiger partial charge in [-0.1, -0.05) is 113 Å². The standard InChI is InChI=1S/C48H79N3O16P2/c1-3-5-6-7-8-9-10-13-17-20-23-26-29-32-43(53)62-36-40(65-44(54)33-30-27-24-21-18-15-12-11-14-16-19-22-25-28-31-39(52)4-2)37-63-68(58,59)67-69(60,61)64-38-41-45(55)46(56)47(66-41)51-35-34-42(49)50-48(51)57/h9-10,12,14-16,21-22,24-25,34-35,39-41,45-47,52,55-56H,3-8,11,13,17-20,23,26-33,36-38H2,1-2H3,(H,58,59)(H,60,61)(H2,49,50,57)/b10-9-,15-12-,16-14-,24-21-,25-22-/t39-,40-,41-,45-,46-,47-/m1/s1. The van der Waals surface area contributed by atoms with Crippen LogP contribution in [-0.4, -0.2) is 96.9 Å². The lowest BCUT2D eigenvalue weighted by molar-refractivity contribution is -0.161. The van der Waals surface area contributed by atoms with E-state index < -0.39 is 83.7 Å². The number of carbonyl (C=O) groups excluding carboxylic acids is 2. The number of aromatic nitrogens is 2. The Morgan fingerprint density at radius 1 is 0.754 bits per heavy atom. The fourth-order valence-corrected chi connectivity index (χ4v) is 8.86. The molecule has 1 fully saturated rings. The van der Waals surface area contributed by atoms with Crippen molar-refractivity contribution in [2.24, 2.45) is 0 Å². The van der Waals surface area contributed by atoms with Gasteiger partial charge in [-0.05, 0) is 89.5 Å². The number of phosphoric ester groups is 2. The summed E-state index contributed by atoms with van der Waals surface area (Å²) in [5.74, 6) is -1.40. The molecule has 392 valence electrons. The van der Waals surface area contributed by atoms with E-state index in [-0.39, 0.29) is 24.8 Å². The topological polar surface area (TPSA) is 286 Å². The molecule has 2 heterocycles. The Labute approximate surface area is 407 Å². The SMILES string of the molecule is CCCCCC/C=C\CCCCCCCC(=O)OC[C@H](COP(=O)(O)OP(=O)(O)OC[C@H]1O[C@@H](n2ccc(N)nc2=O)[C@H](O)[C@@H]1O)OC(=O)CCC/C=C\C/C=C\C/C=C\C/C=C\CC[C@H](O)CC. The molecule has 69 heavy (non-hydrogen) atoms. The maximum atomic E-state index is 12.8. The molecule has 0 spiro atoms. The number of esters is 2. The maximum absolute atomic E-state index is 12.8. The number of hydrogen-bond acceptors (Lipinski definition) is 16. The molecule has 2 unspecified atom stereocenters. The Balaban J connectivity index is 1.85. The van der Waals surface area contributed by atoms with Crippen LogP contribution in [-0.2, 0) is 46.3 Å². The molecule has 19 nitrogen and oxygen atoms in total. The quantitative estimate of drug-likeness (QED) is 0.0156. The van der Waals surface area contributed by atoms with Crippen molar-refractivity contribution in [1.29, 1.82) is 0 Å². The summed E-state index contributed by atoms with van der Waals surface area (Å²) in [7, 11) is -10.9. The average molecular weight is 1020 g/mol. The van der Waals surface area contributed by atoms with Gasteiger partial charge in [-0.25, -0.2) is 13.9 Å². The molecule has 1 aliphatic heterocycles. The van der Waals surface area contributed by atoms with Gasteiger partial charge in [0.1, 0.15) is 30.7 Å². The number of nitrogens with two attached hydrogens (primary N) is 1. The molecule has 0 aliphatic carbocycles. The van der Waals surface area contributed by atoms with Gasteiger partial charge in [0, 0.05) is 19.0 Å². The monoisotopic (exact) mass is 1020 g/mol. The molecule has 2 rings (SSSR count). The number of allylic oxidation sites excluding steroid dienone is 10. The zero-order valence-corrected chi connectivity index (χ0v) is 42.2. The van der Waals surface area contributed by atoms with Gasteiger partial charge in [0.2, 0.25) is 0 Å². The minimum atomic E-state index is -5.44. The van der Waals surface area contributed by atoms with E-state index in [1.54, 1.807) is 0 Å². The average Bonchev–Trinajstić information content (AvgIpc) is 3.58. The first-order valence-corrected chi connectivity index (χ1v) is 27.4. The van der Waals surface area contributed by atoms with Gasteiger partial charge in [0.05, 0.1) is 19.3 Å². The molecule has 1 aromatic heterocycles. The van der Waals surface area contributed by atoms with E-state index in [2.05, 4.69) is 58.8 Å². The normalized spacial score (nSPS) is 20.3. The first-order valence-electron chi connectivity index (χ1n) is 24.4. The summed E-state index contributed by atoms with van der Waals surface area (Å²) in [5, 5.41) is 30.5. The number of hydrogen-bond donors (Lipinski definition) is 6. The van der Waals surface area contributed by atoms with E-state index in [4.69, 9.17) is 29.0 Å². The highest BCUT2D eigenvalue weighted by molar-refractivity contribution is 7.61. The molecule has 1 aliphatic rings. The smallest absolute Gasteiger partial charge is 0.462 e. The summed E-state index contributed by atoms with van der Waals surface area (Å²) in [5.41, 5.74) is 4.57. The number of aliphatic hydroxyl groups is 3. The maximum Gasteiger partial charge on any atom is 0.481 e. The number of nitrogens with zero attached hydrogens (tertiary/aromatic N) is 2. The van der Waals surface area contributed by atoms with E-state index in [1.807, 2.05) is 25.2 Å². The molecule has 1 aromatic rings. The van der Waals surface area contributed by atoms with Crippen LogP contribution in [0.4, 0.5) is 5.82 Å². The van der Waals surface area contributed by atoms with E-state index in [0.29, 0.717) is 25.7 Å². The number of unbranched alkanes of at least 4 members (excludes halogenated alkanes) is 10.